The summed E-state index contributed by atoms with van der Waals surface area (Å²) in [5.41, 5.74) is -1.39. The topological polar surface area (TPSA) is 67.9 Å². The zero-order valence-corrected chi connectivity index (χ0v) is 16.8. The van der Waals surface area contributed by atoms with Crippen LogP contribution in [0.4, 0.5) is 18.0 Å². The Hall–Kier alpha value is -2.45. The van der Waals surface area contributed by atoms with Gasteiger partial charge in [-0.05, 0) is 64.3 Å². The van der Waals surface area contributed by atoms with Crippen molar-refractivity contribution in [1.82, 2.24) is 10.2 Å². The molecule has 1 atom stereocenters. The normalized spacial score (nSPS) is 17.6. The van der Waals surface area contributed by atoms with Gasteiger partial charge in [-0.3, -0.25) is 4.79 Å². The van der Waals surface area contributed by atoms with Crippen LogP contribution in [0.3, 0.4) is 0 Å². The second kappa shape index (κ2) is 9.37. The number of hydrogen-bond acceptors (Lipinski definition) is 4. The number of carbonyl (C=O) groups is 2. The van der Waals surface area contributed by atoms with Gasteiger partial charge in [-0.25, -0.2) is 4.79 Å². The van der Waals surface area contributed by atoms with Gasteiger partial charge in [0, 0.05) is 19.1 Å². The summed E-state index contributed by atoms with van der Waals surface area (Å²) in [6.07, 6.45) is -2.45. The van der Waals surface area contributed by atoms with Crippen LogP contribution in [0.5, 0.6) is 5.75 Å². The number of amides is 2. The third-order valence-corrected chi connectivity index (χ3v) is 4.37. The summed E-state index contributed by atoms with van der Waals surface area (Å²) in [7, 11) is 0. The van der Waals surface area contributed by atoms with E-state index in [1.54, 1.807) is 25.7 Å². The quantitative estimate of drug-likeness (QED) is 0.788. The molecule has 1 aromatic carbocycles. The number of nitrogens with zero attached hydrogens (tertiary/aromatic N) is 1. The molecule has 1 aliphatic rings. The molecule has 0 saturated carbocycles. The van der Waals surface area contributed by atoms with E-state index >= 15 is 0 Å². The van der Waals surface area contributed by atoms with Crippen LogP contribution in [-0.4, -0.2) is 48.2 Å². The monoisotopic (exact) mass is 416 g/mol. The minimum Gasteiger partial charge on any atom is -0.484 e. The third kappa shape index (κ3) is 7.47. The molecule has 1 aromatic rings. The van der Waals surface area contributed by atoms with E-state index in [0.717, 1.165) is 31.4 Å². The van der Waals surface area contributed by atoms with E-state index in [1.165, 1.54) is 12.1 Å². The van der Waals surface area contributed by atoms with Gasteiger partial charge in [0.2, 0.25) is 0 Å². The Morgan fingerprint density at radius 2 is 1.79 bits per heavy atom. The van der Waals surface area contributed by atoms with Gasteiger partial charge < -0.3 is 19.7 Å². The van der Waals surface area contributed by atoms with Crippen LogP contribution in [0.15, 0.2) is 24.3 Å². The number of alkyl carbamates (subject to hydrolysis) is 1. The molecule has 1 unspecified atom stereocenters. The number of hydrogen-bond donors (Lipinski definition) is 1. The Kier molecular flexibility index (Phi) is 7.37. The van der Waals surface area contributed by atoms with E-state index in [1.807, 2.05) is 0 Å². The van der Waals surface area contributed by atoms with Gasteiger partial charge in [-0.1, -0.05) is 0 Å². The van der Waals surface area contributed by atoms with Crippen molar-refractivity contribution in [2.45, 2.75) is 57.9 Å². The summed E-state index contributed by atoms with van der Waals surface area (Å²) in [5.74, 6) is -0.0904. The van der Waals surface area contributed by atoms with Crippen LogP contribution in [0, 0.1) is 0 Å². The standard InChI is InChI=1S/C20H27F3N2O4/c1-19(2,3)29-18(27)24-12-15-6-4-5-11-25(15)17(26)13-28-16-9-7-14(8-10-16)20(21,22)23/h7-10,15H,4-6,11-13H2,1-3H3,(H,24,27). The van der Waals surface area contributed by atoms with Gasteiger partial charge in [0.25, 0.3) is 5.91 Å². The van der Waals surface area contributed by atoms with Crippen LogP contribution in [0.1, 0.15) is 45.6 Å². The Morgan fingerprint density at radius 3 is 2.38 bits per heavy atom. The maximum absolute atomic E-state index is 12.6. The maximum Gasteiger partial charge on any atom is 0.416 e. The first-order valence-corrected chi connectivity index (χ1v) is 9.52. The molecule has 1 fully saturated rings. The summed E-state index contributed by atoms with van der Waals surface area (Å²) in [5, 5.41) is 2.69. The number of likely N-dealkylation sites (tertiary alicyclic amines) is 1. The fraction of sp³-hybridized carbons (Fsp3) is 0.600. The van der Waals surface area contributed by atoms with Crippen LogP contribution < -0.4 is 10.1 Å². The number of rotatable bonds is 5. The van der Waals surface area contributed by atoms with Crippen molar-refractivity contribution < 1.29 is 32.2 Å². The highest BCUT2D eigenvalue weighted by atomic mass is 19.4. The molecule has 0 spiro atoms. The molecule has 2 rings (SSSR count). The average molecular weight is 416 g/mol. The molecular formula is C20H27F3N2O4. The number of benzene rings is 1. The molecular weight excluding hydrogens is 389 g/mol. The van der Waals surface area contributed by atoms with E-state index in [-0.39, 0.29) is 30.9 Å². The zero-order valence-electron chi connectivity index (χ0n) is 16.8. The van der Waals surface area contributed by atoms with E-state index in [2.05, 4.69) is 5.32 Å². The van der Waals surface area contributed by atoms with E-state index in [9.17, 15) is 22.8 Å². The number of carbonyl (C=O) groups excluding carboxylic acids is 2. The van der Waals surface area contributed by atoms with Gasteiger partial charge >= 0.3 is 12.3 Å². The minimum absolute atomic E-state index is 0.181. The molecule has 0 aliphatic carbocycles. The maximum atomic E-state index is 12.6. The molecule has 162 valence electrons. The van der Waals surface area contributed by atoms with E-state index in [4.69, 9.17) is 9.47 Å². The summed E-state index contributed by atoms with van der Waals surface area (Å²) in [6, 6.07) is 4.02. The number of nitrogens with one attached hydrogen (secondary N) is 1. The molecule has 1 N–H and O–H groups in total. The number of alkyl halides is 3. The van der Waals surface area contributed by atoms with E-state index in [0.29, 0.717) is 6.54 Å². The summed E-state index contributed by atoms with van der Waals surface area (Å²) >= 11 is 0. The molecule has 2 amide bonds. The first-order valence-electron chi connectivity index (χ1n) is 9.52. The smallest absolute Gasteiger partial charge is 0.416 e. The predicted octanol–water partition coefficient (Wildman–Crippen LogP) is 3.99. The number of ether oxygens (including phenoxy) is 2. The molecule has 0 radical (unpaired) electrons. The molecule has 9 heteroatoms. The van der Waals surface area contributed by atoms with Crippen molar-refractivity contribution in [1.29, 1.82) is 0 Å². The second-order valence-electron chi connectivity index (χ2n) is 7.93. The fourth-order valence-electron chi connectivity index (χ4n) is 3.02. The Morgan fingerprint density at radius 1 is 1.14 bits per heavy atom. The highest BCUT2D eigenvalue weighted by molar-refractivity contribution is 5.78. The zero-order chi connectivity index (χ0) is 21.7. The minimum atomic E-state index is -4.42. The first kappa shape index (κ1) is 22.8. The molecule has 1 aliphatic heterocycles. The molecule has 1 saturated heterocycles. The summed E-state index contributed by atoms with van der Waals surface area (Å²) in [4.78, 5) is 26.0. The summed E-state index contributed by atoms with van der Waals surface area (Å²) in [6.45, 7) is 5.82. The number of halogens is 3. The van der Waals surface area contributed by atoms with Crippen molar-refractivity contribution >= 4 is 12.0 Å². The van der Waals surface area contributed by atoms with Gasteiger partial charge in [-0.2, -0.15) is 13.2 Å². The van der Waals surface area contributed by atoms with Crippen molar-refractivity contribution in [2.24, 2.45) is 0 Å². The van der Waals surface area contributed by atoms with Crippen LogP contribution in [0.2, 0.25) is 0 Å². The lowest BCUT2D eigenvalue weighted by atomic mass is 10.0. The fourth-order valence-corrected chi connectivity index (χ4v) is 3.02. The average Bonchev–Trinajstić information content (AvgIpc) is 2.63. The predicted molar refractivity (Wildman–Crippen MR) is 101 cm³/mol. The molecule has 0 bridgehead atoms. The van der Waals surface area contributed by atoms with Gasteiger partial charge in [0.1, 0.15) is 11.4 Å². The van der Waals surface area contributed by atoms with Crippen molar-refractivity contribution in [2.75, 3.05) is 19.7 Å². The first-order chi connectivity index (χ1) is 13.5. The molecule has 1 heterocycles. The Balaban J connectivity index is 1.88. The van der Waals surface area contributed by atoms with Crippen LogP contribution in [0.25, 0.3) is 0 Å². The van der Waals surface area contributed by atoms with Gasteiger partial charge in [-0.15, -0.1) is 0 Å². The van der Waals surface area contributed by atoms with Crippen molar-refractivity contribution in [3.8, 4) is 5.75 Å². The number of piperidine rings is 1. The molecule has 6 nitrogen and oxygen atoms in total. The van der Waals surface area contributed by atoms with Gasteiger partial charge in [0.05, 0.1) is 5.56 Å². The molecule has 0 aromatic heterocycles. The highest BCUT2D eigenvalue weighted by Gasteiger charge is 2.30. The lowest BCUT2D eigenvalue weighted by molar-refractivity contribution is -0.138. The van der Waals surface area contributed by atoms with Crippen molar-refractivity contribution in [3.05, 3.63) is 29.8 Å². The largest absolute Gasteiger partial charge is 0.484 e. The van der Waals surface area contributed by atoms with Gasteiger partial charge in [0.15, 0.2) is 6.61 Å². The molecule has 29 heavy (non-hydrogen) atoms. The van der Waals surface area contributed by atoms with Crippen molar-refractivity contribution in [3.63, 3.8) is 0 Å². The second-order valence-corrected chi connectivity index (χ2v) is 7.93. The Labute approximate surface area is 168 Å². The lowest BCUT2D eigenvalue weighted by Gasteiger charge is -2.36. The SMILES string of the molecule is CC(C)(C)OC(=O)NCC1CCCCN1C(=O)COc1ccc(C(F)(F)F)cc1. The highest BCUT2D eigenvalue weighted by Crippen LogP contribution is 2.30. The Bertz CT molecular complexity index is 699. The van der Waals surface area contributed by atoms with Crippen LogP contribution >= 0.6 is 0 Å². The third-order valence-electron chi connectivity index (χ3n) is 4.37. The van der Waals surface area contributed by atoms with E-state index < -0.39 is 23.4 Å². The van der Waals surface area contributed by atoms with Crippen LogP contribution in [-0.2, 0) is 15.7 Å². The summed E-state index contributed by atoms with van der Waals surface area (Å²) < 4.78 is 48.4. The lowest BCUT2D eigenvalue weighted by Crippen LogP contribution is -2.51.